The highest BCUT2D eigenvalue weighted by Crippen LogP contribution is 2.12. The minimum Gasteiger partial charge on any atom is -0.450 e. The molecule has 0 atom stereocenters. The zero-order valence-electron chi connectivity index (χ0n) is 18.9. The predicted molar refractivity (Wildman–Crippen MR) is 122 cm³/mol. The van der Waals surface area contributed by atoms with Crippen molar-refractivity contribution >= 4 is 29.7 Å². The Balaban J connectivity index is 1.77. The molecule has 1 fully saturated rings. The molecule has 3 rings (SSSR count). The average Bonchev–Trinajstić information content (AvgIpc) is 2.74. The van der Waals surface area contributed by atoms with Gasteiger partial charge in [-0.15, -0.1) is 0 Å². The normalized spacial score (nSPS) is 14.2. The molecule has 2 heterocycles. The van der Waals surface area contributed by atoms with Crippen LogP contribution in [0.2, 0.25) is 0 Å². The number of rotatable bonds is 3. The largest absolute Gasteiger partial charge is 0.450 e. The maximum absolute atomic E-state index is 12.7. The van der Waals surface area contributed by atoms with Crippen LogP contribution in [0.1, 0.15) is 23.9 Å². The molecule has 0 saturated carbocycles. The van der Waals surface area contributed by atoms with Gasteiger partial charge in [0.2, 0.25) is 5.96 Å². The topological polar surface area (TPSA) is 112 Å². The van der Waals surface area contributed by atoms with Crippen LogP contribution in [0.4, 0.5) is 21.2 Å². The number of carbonyl (C=O) groups excluding carboxylic acids is 2. The number of nitrogens with zero attached hydrogens (tertiary/aromatic N) is 5. The number of amides is 3. The van der Waals surface area contributed by atoms with Gasteiger partial charge in [-0.05, 0) is 45.9 Å². The first-order valence-electron chi connectivity index (χ1n) is 10.6. The first-order chi connectivity index (χ1) is 15.3. The van der Waals surface area contributed by atoms with Crippen molar-refractivity contribution in [2.75, 3.05) is 38.1 Å². The number of aliphatic imine (C=N–C) groups is 1. The quantitative estimate of drug-likeness (QED) is 0.562. The molecule has 10 nitrogen and oxygen atoms in total. The van der Waals surface area contributed by atoms with E-state index < -0.39 is 6.03 Å². The summed E-state index contributed by atoms with van der Waals surface area (Å²) in [6.45, 7) is 9.68. The van der Waals surface area contributed by atoms with E-state index in [-0.39, 0.29) is 12.0 Å². The van der Waals surface area contributed by atoms with Crippen molar-refractivity contribution < 1.29 is 14.3 Å². The molecule has 1 aromatic heterocycles. The van der Waals surface area contributed by atoms with Crippen LogP contribution in [-0.2, 0) is 4.74 Å². The number of hydrogen-bond acceptors (Lipinski definition) is 6. The number of piperazine rings is 1. The second-order valence-corrected chi connectivity index (χ2v) is 7.50. The van der Waals surface area contributed by atoms with Crippen molar-refractivity contribution in [3.8, 4) is 0 Å². The number of hydrogen-bond donors (Lipinski definition) is 2. The molecule has 0 spiro atoms. The van der Waals surface area contributed by atoms with Crippen LogP contribution in [0.3, 0.4) is 0 Å². The van der Waals surface area contributed by atoms with E-state index in [1.807, 2.05) is 56.0 Å². The van der Waals surface area contributed by atoms with E-state index in [9.17, 15) is 9.59 Å². The summed E-state index contributed by atoms with van der Waals surface area (Å²) < 4.78 is 5.08. The zero-order valence-corrected chi connectivity index (χ0v) is 18.9. The van der Waals surface area contributed by atoms with Crippen LogP contribution in [0.25, 0.3) is 0 Å². The molecule has 2 N–H and O–H groups in total. The lowest BCUT2D eigenvalue weighted by Crippen LogP contribution is -2.55. The first-order valence-corrected chi connectivity index (χ1v) is 10.6. The highest BCUT2D eigenvalue weighted by Gasteiger charge is 2.25. The maximum Gasteiger partial charge on any atom is 0.409 e. The second kappa shape index (κ2) is 10.6. The third kappa shape index (κ3) is 6.40. The van der Waals surface area contributed by atoms with E-state index in [2.05, 4.69) is 25.6 Å². The standard InChI is InChI=1S/C22H29N7O3/c1-5-32-22(31)29-12-10-28(11-13-29)20(26-19-23-16(3)14-17(4)24-19)27-21(30)25-18-8-6-15(2)7-9-18/h6-9,14H,5,10-13H2,1-4H3,(H2,23,24,25,26,27,30). The molecule has 32 heavy (non-hydrogen) atoms. The molecule has 0 aliphatic carbocycles. The van der Waals surface area contributed by atoms with Gasteiger partial charge >= 0.3 is 12.1 Å². The van der Waals surface area contributed by atoms with Gasteiger partial charge in [0.25, 0.3) is 5.95 Å². The van der Waals surface area contributed by atoms with Crippen molar-refractivity contribution in [1.82, 2.24) is 25.1 Å². The molecule has 0 radical (unpaired) electrons. The van der Waals surface area contributed by atoms with Gasteiger partial charge in [-0.3, -0.25) is 5.32 Å². The number of ether oxygens (including phenoxy) is 1. The van der Waals surface area contributed by atoms with Crippen LogP contribution in [0.15, 0.2) is 35.3 Å². The van der Waals surface area contributed by atoms with Crippen LogP contribution in [0.5, 0.6) is 0 Å². The molecular formula is C22H29N7O3. The Labute approximate surface area is 187 Å². The van der Waals surface area contributed by atoms with Crippen LogP contribution in [-0.4, -0.2) is 70.6 Å². The summed E-state index contributed by atoms with van der Waals surface area (Å²) in [6.07, 6.45) is -0.339. The summed E-state index contributed by atoms with van der Waals surface area (Å²) in [5.41, 5.74) is 3.34. The fourth-order valence-corrected chi connectivity index (χ4v) is 3.25. The van der Waals surface area contributed by atoms with Crippen molar-refractivity contribution in [3.05, 3.63) is 47.3 Å². The lowest BCUT2D eigenvalue weighted by molar-refractivity contribution is 0.0915. The molecule has 1 aliphatic rings. The molecule has 1 aliphatic heterocycles. The number of anilines is 1. The van der Waals surface area contributed by atoms with Gasteiger partial charge in [0, 0.05) is 43.3 Å². The number of carbonyl (C=O) groups is 2. The third-order valence-electron chi connectivity index (χ3n) is 4.82. The molecule has 1 aromatic carbocycles. The van der Waals surface area contributed by atoms with Crippen molar-refractivity contribution in [2.45, 2.75) is 27.7 Å². The van der Waals surface area contributed by atoms with E-state index in [4.69, 9.17) is 4.74 Å². The monoisotopic (exact) mass is 439 g/mol. The van der Waals surface area contributed by atoms with Gasteiger partial charge in [-0.25, -0.2) is 19.6 Å². The first kappa shape index (κ1) is 23.0. The van der Waals surface area contributed by atoms with Crippen LogP contribution >= 0.6 is 0 Å². The van der Waals surface area contributed by atoms with Gasteiger partial charge in [0.05, 0.1) is 6.61 Å². The Bertz CT molecular complexity index is 963. The molecule has 1 saturated heterocycles. The summed E-state index contributed by atoms with van der Waals surface area (Å²) in [5.74, 6) is 0.587. The van der Waals surface area contributed by atoms with Gasteiger partial charge in [0.1, 0.15) is 0 Å². The van der Waals surface area contributed by atoms with E-state index in [1.165, 1.54) is 0 Å². The molecule has 3 amide bonds. The fourth-order valence-electron chi connectivity index (χ4n) is 3.25. The highest BCUT2D eigenvalue weighted by molar-refractivity contribution is 6.03. The number of nitrogens with one attached hydrogen (secondary N) is 2. The lowest BCUT2D eigenvalue weighted by atomic mass is 10.2. The molecule has 10 heteroatoms. The SMILES string of the molecule is CCOC(=O)N1CCN(/C(=N/c2nc(C)cc(C)n2)NC(=O)Nc2ccc(C)cc2)CC1. The third-order valence-corrected chi connectivity index (χ3v) is 4.82. The second-order valence-electron chi connectivity index (χ2n) is 7.50. The highest BCUT2D eigenvalue weighted by atomic mass is 16.6. The summed E-state index contributed by atoms with van der Waals surface area (Å²) in [6, 6.07) is 8.93. The lowest BCUT2D eigenvalue weighted by Gasteiger charge is -2.35. The number of aromatic nitrogens is 2. The van der Waals surface area contributed by atoms with Crippen molar-refractivity contribution in [3.63, 3.8) is 0 Å². The van der Waals surface area contributed by atoms with Gasteiger partial charge in [0.15, 0.2) is 0 Å². The van der Waals surface area contributed by atoms with Crippen LogP contribution in [0, 0.1) is 20.8 Å². The average molecular weight is 440 g/mol. The smallest absolute Gasteiger partial charge is 0.409 e. The maximum atomic E-state index is 12.7. The van der Waals surface area contributed by atoms with E-state index in [0.29, 0.717) is 44.4 Å². The minimum absolute atomic E-state index is 0.265. The Morgan fingerprint density at radius 1 is 1.00 bits per heavy atom. The molecule has 170 valence electrons. The Hall–Kier alpha value is -3.69. The van der Waals surface area contributed by atoms with Crippen molar-refractivity contribution in [2.24, 2.45) is 4.99 Å². The number of aryl methyl sites for hydroxylation is 3. The molecule has 0 bridgehead atoms. The molecule has 0 unspecified atom stereocenters. The summed E-state index contributed by atoms with van der Waals surface area (Å²) >= 11 is 0. The number of benzene rings is 1. The number of urea groups is 1. The van der Waals surface area contributed by atoms with Gasteiger partial charge in [-0.2, -0.15) is 4.99 Å². The summed E-state index contributed by atoms with van der Waals surface area (Å²) in [4.78, 5) is 41.4. The predicted octanol–water partition coefficient (Wildman–Crippen LogP) is 2.99. The Morgan fingerprint density at radius 2 is 1.59 bits per heavy atom. The van der Waals surface area contributed by atoms with Gasteiger partial charge in [-0.1, -0.05) is 17.7 Å². The van der Waals surface area contributed by atoms with E-state index in [1.54, 1.807) is 11.8 Å². The van der Waals surface area contributed by atoms with Gasteiger partial charge < -0.3 is 19.9 Å². The Morgan fingerprint density at radius 3 is 2.19 bits per heavy atom. The Kier molecular flexibility index (Phi) is 7.58. The van der Waals surface area contributed by atoms with Crippen molar-refractivity contribution in [1.29, 1.82) is 0 Å². The molecule has 2 aromatic rings. The van der Waals surface area contributed by atoms with E-state index in [0.717, 1.165) is 17.0 Å². The van der Waals surface area contributed by atoms with Crippen LogP contribution < -0.4 is 10.6 Å². The fraction of sp³-hybridized carbons (Fsp3) is 0.409. The van der Waals surface area contributed by atoms with E-state index >= 15 is 0 Å². The summed E-state index contributed by atoms with van der Waals surface area (Å²) in [5, 5.41) is 5.63. The number of guanidine groups is 1. The zero-order chi connectivity index (χ0) is 23.1. The minimum atomic E-state index is -0.426. The molecular weight excluding hydrogens is 410 g/mol. The summed E-state index contributed by atoms with van der Waals surface area (Å²) in [7, 11) is 0.